The number of hydrogen-bond acceptors (Lipinski definition) is 2. The van der Waals surface area contributed by atoms with E-state index in [-0.39, 0.29) is 5.54 Å². The molecule has 1 spiro atoms. The fraction of sp³-hybridized carbons (Fsp3) is 0.941. The quantitative estimate of drug-likeness (QED) is 0.808. The van der Waals surface area contributed by atoms with Gasteiger partial charge in [0.1, 0.15) is 0 Å². The molecule has 3 heteroatoms. The second kappa shape index (κ2) is 5.67. The summed E-state index contributed by atoms with van der Waals surface area (Å²) < 4.78 is 0. The molecule has 1 aliphatic heterocycles. The highest BCUT2D eigenvalue weighted by molar-refractivity contribution is 5.89. The number of carbonyl (C=O) groups is 1. The molecule has 0 bridgehead atoms. The zero-order valence-corrected chi connectivity index (χ0v) is 13.2. The Labute approximate surface area is 123 Å². The lowest BCUT2D eigenvalue weighted by molar-refractivity contribution is -0.133. The van der Waals surface area contributed by atoms with Crippen LogP contribution >= 0.6 is 0 Å². The molecule has 0 aromatic rings. The van der Waals surface area contributed by atoms with E-state index in [1.165, 1.54) is 38.5 Å². The lowest BCUT2D eigenvalue weighted by Gasteiger charge is -2.25. The van der Waals surface area contributed by atoms with Gasteiger partial charge in [0, 0.05) is 6.54 Å². The normalized spacial score (nSPS) is 29.1. The van der Waals surface area contributed by atoms with Crippen molar-refractivity contribution in [1.82, 2.24) is 10.2 Å². The van der Waals surface area contributed by atoms with E-state index in [0.29, 0.717) is 18.0 Å². The third-order valence-corrected chi connectivity index (χ3v) is 5.35. The van der Waals surface area contributed by atoms with Crippen LogP contribution in [-0.4, -0.2) is 29.1 Å². The topological polar surface area (TPSA) is 32.3 Å². The molecule has 1 N–H and O–H groups in total. The van der Waals surface area contributed by atoms with Crippen molar-refractivity contribution in [1.29, 1.82) is 0 Å². The molecule has 1 atom stereocenters. The third-order valence-electron chi connectivity index (χ3n) is 5.35. The number of amides is 1. The van der Waals surface area contributed by atoms with Gasteiger partial charge in [-0.2, -0.15) is 0 Å². The minimum Gasteiger partial charge on any atom is -0.326 e. The largest absolute Gasteiger partial charge is 0.326 e. The van der Waals surface area contributed by atoms with Crippen LogP contribution in [0.5, 0.6) is 0 Å². The Morgan fingerprint density at radius 3 is 2.60 bits per heavy atom. The lowest BCUT2D eigenvalue weighted by Crippen LogP contribution is -2.44. The highest BCUT2D eigenvalue weighted by Crippen LogP contribution is 2.38. The summed E-state index contributed by atoms with van der Waals surface area (Å²) in [5.41, 5.74) is -0.181. The van der Waals surface area contributed by atoms with Crippen molar-refractivity contribution in [3.05, 3.63) is 0 Å². The highest BCUT2D eigenvalue weighted by atomic mass is 16.2. The Morgan fingerprint density at radius 2 is 2.00 bits per heavy atom. The van der Waals surface area contributed by atoms with E-state index in [9.17, 15) is 4.79 Å². The Balaban J connectivity index is 1.63. The number of hydrogen-bond donors (Lipinski definition) is 1. The Hall–Kier alpha value is -0.570. The van der Waals surface area contributed by atoms with Crippen LogP contribution in [0.3, 0.4) is 0 Å². The molecule has 114 valence electrons. The first-order chi connectivity index (χ1) is 9.61. The second-order valence-electron chi connectivity index (χ2n) is 7.66. The Kier molecular flexibility index (Phi) is 4.07. The maximum Gasteiger partial charge on any atom is 0.244 e. The third kappa shape index (κ3) is 2.88. The van der Waals surface area contributed by atoms with Crippen LogP contribution in [0.4, 0.5) is 0 Å². The predicted molar refractivity (Wildman–Crippen MR) is 81.2 cm³/mol. The van der Waals surface area contributed by atoms with Gasteiger partial charge in [0.15, 0.2) is 0 Å². The highest BCUT2D eigenvalue weighted by Gasteiger charge is 2.51. The van der Waals surface area contributed by atoms with E-state index < -0.39 is 0 Å². The van der Waals surface area contributed by atoms with Crippen LogP contribution in [0.25, 0.3) is 0 Å². The summed E-state index contributed by atoms with van der Waals surface area (Å²) in [7, 11) is 0. The van der Waals surface area contributed by atoms with Crippen LogP contribution in [-0.2, 0) is 4.79 Å². The summed E-state index contributed by atoms with van der Waals surface area (Å²) in [5.74, 6) is 2.03. The SMILES string of the molecule is CC(C)CC1NC2(CCCC2)C(=O)N1CCCC1CC1. The number of carbonyl (C=O) groups excluding carboxylic acids is 1. The number of nitrogens with one attached hydrogen (secondary N) is 1. The van der Waals surface area contributed by atoms with Crippen molar-refractivity contribution in [2.24, 2.45) is 11.8 Å². The molecule has 3 rings (SSSR count). The first-order valence-corrected chi connectivity index (χ1v) is 8.69. The smallest absolute Gasteiger partial charge is 0.244 e. The van der Waals surface area contributed by atoms with Crippen LogP contribution in [0.15, 0.2) is 0 Å². The predicted octanol–water partition coefficient (Wildman–Crippen LogP) is 3.29. The van der Waals surface area contributed by atoms with Crippen molar-refractivity contribution in [3.8, 4) is 0 Å². The summed E-state index contributed by atoms with van der Waals surface area (Å²) in [6.45, 7) is 5.49. The summed E-state index contributed by atoms with van der Waals surface area (Å²) in [6, 6.07) is 0. The standard InChI is InChI=1S/C17H30N2O/c1-13(2)12-15-18-17(9-3-4-10-17)16(20)19(15)11-5-6-14-7-8-14/h13-15,18H,3-12H2,1-2H3. The first-order valence-electron chi connectivity index (χ1n) is 8.69. The van der Waals surface area contributed by atoms with Gasteiger partial charge in [-0.05, 0) is 43.9 Å². The maximum absolute atomic E-state index is 12.9. The number of rotatable bonds is 6. The fourth-order valence-corrected chi connectivity index (χ4v) is 4.06. The van der Waals surface area contributed by atoms with Gasteiger partial charge in [-0.25, -0.2) is 0 Å². The monoisotopic (exact) mass is 278 g/mol. The van der Waals surface area contributed by atoms with Gasteiger partial charge >= 0.3 is 0 Å². The summed E-state index contributed by atoms with van der Waals surface area (Å²) in [6.07, 6.45) is 11.3. The maximum atomic E-state index is 12.9. The van der Waals surface area contributed by atoms with E-state index in [1.54, 1.807) is 0 Å². The molecule has 3 nitrogen and oxygen atoms in total. The molecule has 3 aliphatic rings. The van der Waals surface area contributed by atoms with Gasteiger partial charge in [-0.15, -0.1) is 0 Å². The molecule has 1 heterocycles. The first kappa shape index (κ1) is 14.4. The molecule has 0 aromatic heterocycles. The fourth-order valence-electron chi connectivity index (χ4n) is 4.06. The second-order valence-corrected chi connectivity index (χ2v) is 7.66. The van der Waals surface area contributed by atoms with Gasteiger partial charge in [-0.3, -0.25) is 10.1 Å². The van der Waals surface area contributed by atoms with Crippen molar-refractivity contribution in [2.45, 2.75) is 83.3 Å². The minimum atomic E-state index is -0.181. The summed E-state index contributed by atoms with van der Waals surface area (Å²) in [4.78, 5) is 15.1. The van der Waals surface area contributed by atoms with E-state index in [4.69, 9.17) is 0 Å². The summed E-state index contributed by atoms with van der Waals surface area (Å²) in [5, 5.41) is 3.73. The van der Waals surface area contributed by atoms with Crippen molar-refractivity contribution in [2.75, 3.05) is 6.54 Å². The molecule has 3 fully saturated rings. The zero-order valence-electron chi connectivity index (χ0n) is 13.2. The van der Waals surface area contributed by atoms with Crippen LogP contribution in [0.2, 0.25) is 0 Å². The van der Waals surface area contributed by atoms with E-state index in [0.717, 1.165) is 31.7 Å². The molecular formula is C17H30N2O. The van der Waals surface area contributed by atoms with E-state index in [2.05, 4.69) is 24.1 Å². The van der Waals surface area contributed by atoms with E-state index >= 15 is 0 Å². The Bertz CT molecular complexity index is 356. The van der Waals surface area contributed by atoms with Crippen molar-refractivity contribution >= 4 is 5.91 Å². The minimum absolute atomic E-state index is 0.181. The molecule has 1 saturated heterocycles. The number of nitrogens with zero attached hydrogens (tertiary/aromatic N) is 1. The average molecular weight is 278 g/mol. The molecule has 1 amide bonds. The lowest BCUT2D eigenvalue weighted by atomic mass is 9.98. The van der Waals surface area contributed by atoms with Crippen LogP contribution in [0, 0.1) is 11.8 Å². The van der Waals surface area contributed by atoms with Gasteiger partial charge in [-0.1, -0.05) is 39.5 Å². The molecule has 20 heavy (non-hydrogen) atoms. The van der Waals surface area contributed by atoms with Crippen LogP contribution < -0.4 is 5.32 Å². The molecule has 0 radical (unpaired) electrons. The van der Waals surface area contributed by atoms with Gasteiger partial charge < -0.3 is 4.90 Å². The molecule has 1 unspecified atom stereocenters. The van der Waals surface area contributed by atoms with Gasteiger partial charge in [0.05, 0.1) is 11.7 Å². The average Bonchev–Trinajstić information content (AvgIpc) is 3.04. The van der Waals surface area contributed by atoms with Gasteiger partial charge in [0.2, 0.25) is 5.91 Å². The van der Waals surface area contributed by atoms with Crippen molar-refractivity contribution in [3.63, 3.8) is 0 Å². The summed E-state index contributed by atoms with van der Waals surface area (Å²) >= 11 is 0. The molecule has 2 saturated carbocycles. The van der Waals surface area contributed by atoms with Gasteiger partial charge in [0.25, 0.3) is 0 Å². The molecule has 2 aliphatic carbocycles. The van der Waals surface area contributed by atoms with Crippen molar-refractivity contribution < 1.29 is 4.79 Å². The molecule has 0 aromatic carbocycles. The molecular weight excluding hydrogens is 248 g/mol. The van der Waals surface area contributed by atoms with Crippen LogP contribution in [0.1, 0.15) is 71.6 Å². The Morgan fingerprint density at radius 1 is 1.30 bits per heavy atom. The zero-order chi connectivity index (χ0) is 14.2. The van der Waals surface area contributed by atoms with E-state index in [1.807, 2.05) is 0 Å².